The highest BCUT2D eigenvalue weighted by Gasteiger charge is 2.30. The van der Waals surface area contributed by atoms with Gasteiger partial charge in [-0.05, 0) is 71.6 Å². The molecule has 6 nitrogen and oxygen atoms in total. The van der Waals surface area contributed by atoms with Crippen molar-refractivity contribution in [2.45, 2.75) is 30.7 Å². The first-order chi connectivity index (χ1) is 15.8. The predicted molar refractivity (Wildman–Crippen MR) is 132 cm³/mol. The van der Waals surface area contributed by atoms with Crippen molar-refractivity contribution >= 4 is 42.9 Å². The Kier molecular flexibility index (Phi) is 5.37. The minimum absolute atomic E-state index is 0.00200. The van der Waals surface area contributed by atoms with Crippen molar-refractivity contribution in [1.29, 1.82) is 0 Å². The van der Waals surface area contributed by atoms with E-state index < -0.39 is 10.0 Å². The summed E-state index contributed by atoms with van der Waals surface area (Å²) in [6.45, 7) is 1.91. The van der Waals surface area contributed by atoms with Gasteiger partial charge in [0.1, 0.15) is 0 Å². The Morgan fingerprint density at radius 1 is 1.09 bits per heavy atom. The molecule has 2 aromatic heterocycles. The van der Waals surface area contributed by atoms with E-state index in [1.54, 1.807) is 53.7 Å². The van der Waals surface area contributed by atoms with Crippen molar-refractivity contribution in [3.8, 4) is 11.1 Å². The van der Waals surface area contributed by atoms with Gasteiger partial charge in [0.15, 0.2) is 5.65 Å². The maximum absolute atomic E-state index is 13.4. The second-order valence-corrected chi connectivity index (χ2v) is 11.1. The van der Waals surface area contributed by atoms with Gasteiger partial charge in [-0.1, -0.05) is 29.8 Å². The van der Waals surface area contributed by atoms with Gasteiger partial charge in [0, 0.05) is 46.5 Å². The Morgan fingerprint density at radius 2 is 1.76 bits per heavy atom. The van der Waals surface area contributed by atoms with Crippen LogP contribution in [0.2, 0.25) is 0 Å². The van der Waals surface area contributed by atoms with Crippen molar-refractivity contribution in [3.05, 3.63) is 82.6 Å². The zero-order valence-corrected chi connectivity index (χ0v) is 20.6. The van der Waals surface area contributed by atoms with Crippen molar-refractivity contribution in [1.82, 2.24) is 13.9 Å². The minimum atomic E-state index is -3.84. The molecular weight excluding hydrogens is 502 g/mol. The number of aryl methyl sites for hydroxylation is 1. The Labute approximate surface area is 201 Å². The summed E-state index contributed by atoms with van der Waals surface area (Å²) >= 11 is 3.45. The lowest BCUT2D eigenvalue weighted by atomic mass is 10.0. The quantitative estimate of drug-likeness (QED) is 0.358. The molecule has 0 aliphatic heterocycles. The summed E-state index contributed by atoms with van der Waals surface area (Å²) in [5.74, 6) is -0.00200. The van der Waals surface area contributed by atoms with E-state index in [0.29, 0.717) is 22.6 Å². The Morgan fingerprint density at radius 3 is 2.39 bits per heavy atom. The van der Waals surface area contributed by atoms with Gasteiger partial charge in [-0.15, -0.1) is 0 Å². The van der Waals surface area contributed by atoms with Crippen LogP contribution in [-0.4, -0.2) is 41.3 Å². The van der Waals surface area contributed by atoms with E-state index in [9.17, 15) is 13.2 Å². The summed E-state index contributed by atoms with van der Waals surface area (Å²) in [6, 6.07) is 16.2. The van der Waals surface area contributed by atoms with Gasteiger partial charge in [-0.2, -0.15) is 0 Å². The third-order valence-electron chi connectivity index (χ3n) is 6.01. The lowest BCUT2D eigenvalue weighted by Crippen LogP contribution is -2.28. The molecule has 0 saturated heterocycles. The summed E-state index contributed by atoms with van der Waals surface area (Å²) in [4.78, 5) is 19.1. The van der Waals surface area contributed by atoms with Crippen LogP contribution in [0, 0.1) is 6.92 Å². The van der Waals surface area contributed by atoms with Gasteiger partial charge in [0.05, 0.1) is 4.90 Å². The van der Waals surface area contributed by atoms with Gasteiger partial charge in [0.25, 0.3) is 15.9 Å². The first kappa shape index (κ1) is 21.9. The number of rotatable bonds is 5. The summed E-state index contributed by atoms with van der Waals surface area (Å²) < 4.78 is 28.9. The molecule has 0 bridgehead atoms. The van der Waals surface area contributed by atoms with Crippen molar-refractivity contribution in [2.24, 2.45) is 0 Å². The molecule has 1 aliphatic rings. The van der Waals surface area contributed by atoms with Gasteiger partial charge in [-0.25, -0.2) is 17.4 Å². The second kappa shape index (κ2) is 8.11. The van der Waals surface area contributed by atoms with Crippen LogP contribution in [0.1, 0.15) is 28.8 Å². The fourth-order valence-corrected chi connectivity index (χ4v) is 5.57. The first-order valence-corrected chi connectivity index (χ1v) is 12.9. The fraction of sp³-hybridized carbons (Fsp3) is 0.200. The SMILES string of the molecule is Cc1ccc(S(=O)(=O)n2cc(-c3ccc(C(=O)N(C)C4CC4)cc3)c3cc(Br)cnc32)cc1. The molecule has 1 aliphatic carbocycles. The molecule has 1 fully saturated rings. The van der Waals surface area contributed by atoms with E-state index in [1.807, 2.05) is 32.2 Å². The zero-order valence-electron chi connectivity index (χ0n) is 18.2. The van der Waals surface area contributed by atoms with Crippen molar-refractivity contribution in [3.63, 3.8) is 0 Å². The van der Waals surface area contributed by atoms with E-state index >= 15 is 0 Å². The van der Waals surface area contributed by atoms with E-state index in [4.69, 9.17) is 0 Å². The lowest BCUT2D eigenvalue weighted by Gasteiger charge is -2.16. The summed E-state index contributed by atoms with van der Waals surface area (Å²) in [6.07, 6.45) is 5.30. The van der Waals surface area contributed by atoms with Crippen LogP contribution >= 0.6 is 15.9 Å². The third kappa shape index (κ3) is 3.98. The number of hydrogen-bond acceptors (Lipinski definition) is 4. The van der Waals surface area contributed by atoms with Gasteiger partial charge in [0.2, 0.25) is 0 Å². The number of fused-ring (bicyclic) bond motifs is 1. The summed E-state index contributed by atoms with van der Waals surface area (Å²) in [5.41, 5.74) is 3.48. The van der Waals surface area contributed by atoms with Crippen LogP contribution in [0.5, 0.6) is 0 Å². The molecule has 0 unspecified atom stereocenters. The Bertz CT molecular complexity index is 1470. The summed E-state index contributed by atoms with van der Waals surface area (Å²) in [7, 11) is -2.01. The molecule has 2 heterocycles. The van der Waals surface area contributed by atoms with Crippen LogP contribution in [-0.2, 0) is 10.0 Å². The molecular formula is C25H22BrN3O3S. The Hall–Kier alpha value is -2.97. The first-order valence-electron chi connectivity index (χ1n) is 10.6. The lowest BCUT2D eigenvalue weighted by molar-refractivity contribution is 0.0785. The highest BCUT2D eigenvalue weighted by atomic mass is 79.9. The highest BCUT2D eigenvalue weighted by molar-refractivity contribution is 9.10. The molecule has 1 amide bonds. The van der Waals surface area contributed by atoms with Gasteiger partial charge in [-0.3, -0.25) is 4.79 Å². The molecule has 0 atom stereocenters. The average Bonchev–Trinajstić information content (AvgIpc) is 3.59. The number of carbonyl (C=O) groups excluding carboxylic acids is 1. The number of halogens is 1. The molecule has 0 radical (unpaired) electrons. The molecule has 33 heavy (non-hydrogen) atoms. The maximum Gasteiger partial charge on any atom is 0.269 e. The van der Waals surface area contributed by atoms with Crippen LogP contribution in [0.3, 0.4) is 0 Å². The smallest absolute Gasteiger partial charge is 0.269 e. The molecule has 2 aromatic carbocycles. The predicted octanol–water partition coefficient (Wildman–Crippen LogP) is 5.25. The zero-order chi connectivity index (χ0) is 23.3. The van der Waals surface area contributed by atoms with Crippen molar-refractivity contribution < 1.29 is 13.2 Å². The topological polar surface area (TPSA) is 72.3 Å². The van der Waals surface area contributed by atoms with Crippen LogP contribution < -0.4 is 0 Å². The van der Waals surface area contributed by atoms with Crippen molar-refractivity contribution in [2.75, 3.05) is 7.05 Å². The standard InChI is InChI=1S/C25H22BrN3O3S/c1-16-3-11-21(12-4-16)33(31,32)29-15-23(22-13-19(26)14-27-24(22)29)17-5-7-18(8-6-17)25(30)28(2)20-9-10-20/h3-8,11-15,20H,9-10H2,1-2H3. The molecule has 1 saturated carbocycles. The van der Waals surface area contributed by atoms with E-state index in [2.05, 4.69) is 20.9 Å². The van der Waals surface area contributed by atoms with E-state index in [0.717, 1.165) is 34.0 Å². The van der Waals surface area contributed by atoms with Gasteiger partial charge < -0.3 is 4.90 Å². The molecule has 5 rings (SSSR count). The van der Waals surface area contributed by atoms with Crippen LogP contribution in [0.4, 0.5) is 0 Å². The van der Waals surface area contributed by atoms with Crippen LogP contribution in [0.15, 0.2) is 76.4 Å². The van der Waals surface area contributed by atoms with E-state index in [1.165, 1.54) is 3.97 Å². The average molecular weight is 524 g/mol. The number of amides is 1. The van der Waals surface area contributed by atoms with Crippen LogP contribution in [0.25, 0.3) is 22.2 Å². The number of hydrogen-bond donors (Lipinski definition) is 0. The number of nitrogens with zero attached hydrogens (tertiary/aromatic N) is 3. The molecule has 0 spiro atoms. The number of pyridine rings is 1. The fourth-order valence-electron chi connectivity index (χ4n) is 3.91. The molecule has 0 N–H and O–H groups in total. The molecule has 168 valence electrons. The summed E-state index contributed by atoms with van der Waals surface area (Å²) in [5, 5.41) is 0.703. The molecule has 8 heteroatoms. The monoisotopic (exact) mass is 523 g/mol. The second-order valence-electron chi connectivity index (χ2n) is 8.41. The third-order valence-corrected chi connectivity index (χ3v) is 8.11. The van der Waals surface area contributed by atoms with E-state index in [-0.39, 0.29) is 10.8 Å². The van der Waals surface area contributed by atoms with Gasteiger partial charge >= 0.3 is 0 Å². The number of carbonyl (C=O) groups is 1. The number of aromatic nitrogens is 2. The largest absolute Gasteiger partial charge is 0.339 e. The normalized spacial score (nSPS) is 13.9. The Balaban J connectivity index is 1.60. The maximum atomic E-state index is 13.4. The molecule has 4 aromatic rings. The number of benzene rings is 2. The highest BCUT2D eigenvalue weighted by Crippen LogP contribution is 2.34. The minimum Gasteiger partial charge on any atom is -0.339 e.